The van der Waals surface area contributed by atoms with Crippen molar-refractivity contribution in [1.82, 2.24) is 0 Å². The van der Waals surface area contributed by atoms with Gasteiger partial charge in [-0.25, -0.2) is 0 Å². The molecule has 0 aliphatic rings. The Bertz CT molecular complexity index is 835. The molecule has 3 rings (SSSR count). The minimum absolute atomic E-state index is 0.323. The van der Waals surface area contributed by atoms with Gasteiger partial charge in [0.25, 0.3) is 5.24 Å². The maximum absolute atomic E-state index is 12.8. The van der Waals surface area contributed by atoms with Gasteiger partial charge in [0, 0.05) is 10.1 Å². The number of halogens is 4. The summed E-state index contributed by atoms with van der Waals surface area (Å²) >= 11 is 6.82. The van der Waals surface area contributed by atoms with Gasteiger partial charge in [-0.3, -0.25) is 4.79 Å². The molecule has 102 valence electrons. The fourth-order valence-electron chi connectivity index (χ4n) is 2.19. The van der Waals surface area contributed by atoms with Gasteiger partial charge in [0.05, 0.1) is 11.1 Å². The van der Waals surface area contributed by atoms with Crippen molar-refractivity contribution in [3.05, 3.63) is 46.8 Å². The van der Waals surface area contributed by atoms with E-state index < -0.39 is 17.0 Å². The molecule has 0 fully saturated rings. The average Bonchev–Trinajstić information content (AvgIpc) is 2.85. The number of thiophene rings is 1. The van der Waals surface area contributed by atoms with Crippen molar-refractivity contribution >= 4 is 49.0 Å². The largest absolute Gasteiger partial charge is 0.416 e. The first-order chi connectivity index (χ1) is 9.38. The lowest BCUT2D eigenvalue weighted by molar-refractivity contribution is -0.137. The van der Waals surface area contributed by atoms with Crippen LogP contribution in [0.4, 0.5) is 13.2 Å². The van der Waals surface area contributed by atoms with Crippen molar-refractivity contribution in [2.45, 2.75) is 6.18 Å². The lowest BCUT2D eigenvalue weighted by atomic mass is 10.0. The molecule has 3 aromatic rings. The van der Waals surface area contributed by atoms with Gasteiger partial charge >= 0.3 is 6.18 Å². The van der Waals surface area contributed by atoms with Crippen molar-refractivity contribution in [1.29, 1.82) is 0 Å². The number of hydrogen-bond donors (Lipinski definition) is 0. The Morgan fingerprint density at radius 2 is 1.85 bits per heavy atom. The molecule has 0 saturated heterocycles. The van der Waals surface area contributed by atoms with Crippen LogP contribution >= 0.6 is 22.9 Å². The second-order valence-corrected chi connectivity index (χ2v) is 5.55. The Hall–Kier alpha value is -1.59. The van der Waals surface area contributed by atoms with Crippen LogP contribution < -0.4 is 0 Å². The monoisotopic (exact) mass is 314 g/mol. The van der Waals surface area contributed by atoms with Crippen molar-refractivity contribution in [2.24, 2.45) is 0 Å². The molecule has 0 saturated carbocycles. The van der Waals surface area contributed by atoms with E-state index >= 15 is 0 Å². The van der Waals surface area contributed by atoms with E-state index in [2.05, 4.69) is 0 Å². The predicted octanol–water partition coefficient (Wildman–Crippen LogP) is 5.45. The summed E-state index contributed by atoms with van der Waals surface area (Å²) < 4.78 is 38.9. The Labute approximate surface area is 120 Å². The van der Waals surface area contributed by atoms with Crippen molar-refractivity contribution < 1.29 is 18.0 Å². The molecule has 2 aromatic carbocycles. The van der Waals surface area contributed by atoms with Gasteiger partial charge in [0.1, 0.15) is 0 Å². The van der Waals surface area contributed by atoms with Crippen LogP contribution in [0.15, 0.2) is 35.7 Å². The van der Waals surface area contributed by atoms with Crippen LogP contribution in [0.2, 0.25) is 0 Å². The fraction of sp³-hybridized carbons (Fsp3) is 0.0714. The van der Waals surface area contributed by atoms with E-state index in [1.807, 2.05) is 0 Å². The number of benzene rings is 2. The number of fused-ring (bicyclic) bond motifs is 3. The first-order valence-electron chi connectivity index (χ1n) is 5.59. The van der Waals surface area contributed by atoms with Crippen LogP contribution in [-0.2, 0) is 6.18 Å². The van der Waals surface area contributed by atoms with Gasteiger partial charge < -0.3 is 0 Å². The second-order valence-electron chi connectivity index (χ2n) is 4.29. The molecule has 0 atom stereocenters. The average molecular weight is 315 g/mol. The number of rotatable bonds is 1. The lowest BCUT2D eigenvalue weighted by Crippen LogP contribution is -2.04. The van der Waals surface area contributed by atoms with E-state index in [4.69, 9.17) is 11.6 Å². The van der Waals surface area contributed by atoms with Gasteiger partial charge in [-0.1, -0.05) is 6.07 Å². The van der Waals surface area contributed by atoms with E-state index in [-0.39, 0.29) is 0 Å². The SMILES string of the molecule is O=C(Cl)c1cc2ccc(C(F)(F)F)cc2c2ccsc12. The van der Waals surface area contributed by atoms with Crippen molar-refractivity contribution in [3.63, 3.8) is 0 Å². The van der Waals surface area contributed by atoms with Gasteiger partial charge in [-0.15, -0.1) is 11.3 Å². The van der Waals surface area contributed by atoms with Crippen LogP contribution in [-0.4, -0.2) is 5.24 Å². The Kier molecular flexibility index (Phi) is 2.99. The molecular formula is C14H6ClF3OS. The smallest absolute Gasteiger partial charge is 0.276 e. The maximum Gasteiger partial charge on any atom is 0.416 e. The number of carbonyl (C=O) groups is 1. The fourth-order valence-corrected chi connectivity index (χ4v) is 3.32. The zero-order valence-corrected chi connectivity index (χ0v) is 11.4. The molecule has 1 nitrogen and oxygen atoms in total. The van der Waals surface area contributed by atoms with Crippen LogP contribution in [0.25, 0.3) is 20.9 Å². The Morgan fingerprint density at radius 3 is 2.50 bits per heavy atom. The van der Waals surface area contributed by atoms with E-state index in [0.29, 0.717) is 26.4 Å². The summed E-state index contributed by atoms with van der Waals surface area (Å²) in [6.07, 6.45) is -4.39. The molecule has 0 N–H and O–H groups in total. The second kappa shape index (κ2) is 4.46. The third kappa shape index (κ3) is 2.07. The highest BCUT2D eigenvalue weighted by Crippen LogP contribution is 2.37. The standard InChI is InChI=1S/C14H6ClF3OS/c15-13(19)11-5-7-1-2-8(14(16,17)18)6-10(7)9-3-4-20-12(9)11/h1-6H. The third-order valence-corrected chi connectivity index (χ3v) is 4.24. The molecule has 0 unspecified atom stereocenters. The summed E-state index contributed by atoms with van der Waals surface area (Å²) in [5.41, 5.74) is -0.383. The summed E-state index contributed by atoms with van der Waals surface area (Å²) in [5, 5.41) is 2.76. The highest BCUT2D eigenvalue weighted by molar-refractivity contribution is 7.18. The van der Waals surface area contributed by atoms with Gasteiger partial charge in [0.2, 0.25) is 0 Å². The summed E-state index contributed by atoms with van der Waals surface area (Å²) in [5.74, 6) is 0. The highest BCUT2D eigenvalue weighted by Gasteiger charge is 2.30. The minimum atomic E-state index is -4.39. The van der Waals surface area contributed by atoms with Gasteiger partial charge in [-0.05, 0) is 52.0 Å². The van der Waals surface area contributed by atoms with Crippen LogP contribution in [0, 0.1) is 0 Å². The van der Waals surface area contributed by atoms with Crippen LogP contribution in [0.5, 0.6) is 0 Å². The Balaban J connectivity index is 2.42. The summed E-state index contributed by atoms with van der Waals surface area (Å²) in [7, 11) is 0. The predicted molar refractivity (Wildman–Crippen MR) is 74.5 cm³/mol. The normalized spacial score (nSPS) is 12.2. The molecular weight excluding hydrogens is 309 g/mol. The lowest BCUT2D eigenvalue weighted by Gasteiger charge is -2.09. The van der Waals surface area contributed by atoms with E-state index in [9.17, 15) is 18.0 Å². The molecule has 0 amide bonds. The van der Waals surface area contributed by atoms with Crippen molar-refractivity contribution in [2.75, 3.05) is 0 Å². The molecule has 0 aliphatic heterocycles. The zero-order chi connectivity index (χ0) is 14.5. The van der Waals surface area contributed by atoms with Crippen molar-refractivity contribution in [3.8, 4) is 0 Å². The third-order valence-electron chi connectivity index (χ3n) is 3.09. The van der Waals surface area contributed by atoms with Crippen LogP contribution in [0.1, 0.15) is 15.9 Å². The highest BCUT2D eigenvalue weighted by atomic mass is 35.5. The zero-order valence-electron chi connectivity index (χ0n) is 9.79. The van der Waals surface area contributed by atoms with Gasteiger partial charge in [-0.2, -0.15) is 13.2 Å². The van der Waals surface area contributed by atoms with E-state index in [0.717, 1.165) is 12.1 Å². The topological polar surface area (TPSA) is 17.1 Å². The quantitative estimate of drug-likeness (QED) is 0.546. The molecule has 0 radical (unpaired) electrons. The number of carbonyl (C=O) groups excluding carboxylic acids is 1. The maximum atomic E-state index is 12.8. The summed E-state index contributed by atoms with van der Waals surface area (Å²) in [6, 6.07) is 6.70. The molecule has 0 aliphatic carbocycles. The molecule has 1 aromatic heterocycles. The Morgan fingerprint density at radius 1 is 1.10 bits per heavy atom. The van der Waals surface area contributed by atoms with E-state index in [1.165, 1.54) is 23.5 Å². The molecule has 20 heavy (non-hydrogen) atoms. The molecule has 0 bridgehead atoms. The summed E-state index contributed by atoms with van der Waals surface area (Å²) in [4.78, 5) is 11.4. The molecule has 6 heteroatoms. The molecule has 0 spiro atoms. The number of alkyl halides is 3. The first kappa shape index (κ1) is 13.4. The first-order valence-corrected chi connectivity index (χ1v) is 6.84. The van der Waals surface area contributed by atoms with Crippen LogP contribution in [0.3, 0.4) is 0 Å². The minimum Gasteiger partial charge on any atom is -0.276 e. The summed E-state index contributed by atoms with van der Waals surface area (Å²) in [6.45, 7) is 0. The number of hydrogen-bond acceptors (Lipinski definition) is 2. The van der Waals surface area contributed by atoms with Gasteiger partial charge in [0.15, 0.2) is 0 Å². The molecule has 1 heterocycles. The van der Waals surface area contributed by atoms with E-state index in [1.54, 1.807) is 11.4 Å².